The van der Waals surface area contributed by atoms with E-state index in [9.17, 15) is 18.3 Å². The fraction of sp³-hybridized carbons (Fsp3) is 0.708. The Bertz CT molecular complexity index is 1050. The molecular formula is C24H38O9SSi. The Kier molecular flexibility index (Phi) is 7.42. The third-order valence-electron chi connectivity index (χ3n) is 7.14. The Labute approximate surface area is 209 Å². The Balaban J connectivity index is 2.06. The van der Waals surface area contributed by atoms with Crippen molar-refractivity contribution in [1.29, 1.82) is 0 Å². The lowest BCUT2D eigenvalue weighted by molar-refractivity contribution is -0.204. The zero-order chi connectivity index (χ0) is 26.6. The molecule has 5 atom stereocenters. The van der Waals surface area contributed by atoms with E-state index in [0.717, 1.165) is 12.7 Å². The monoisotopic (exact) mass is 530 g/mol. The molecule has 9 nitrogen and oxygen atoms in total. The number of carbonyl (C=O) groups excluding carboxylic acids is 1. The third-order valence-corrected chi connectivity index (χ3v) is 13.0. The quantitative estimate of drug-likeness (QED) is 0.336. The number of aliphatic hydroxyl groups is 1. The van der Waals surface area contributed by atoms with E-state index in [1.165, 1.54) is 12.1 Å². The predicted molar refractivity (Wildman–Crippen MR) is 131 cm³/mol. The largest absolute Gasteiger partial charge is 0.467 e. The van der Waals surface area contributed by atoms with Gasteiger partial charge in [-0.2, -0.15) is 8.42 Å². The first-order valence-electron chi connectivity index (χ1n) is 11.7. The van der Waals surface area contributed by atoms with Crippen molar-refractivity contribution in [2.24, 2.45) is 0 Å². The molecule has 0 radical (unpaired) electrons. The molecule has 1 aliphatic heterocycles. The number of benzene rings is 1. The fourth-order valence-corrected chi connectivity index (χ4v) is 6.67. The van der Waals surface area contributed by atoms with Crippen molar-refractivity contribution in [3.63, 3.8) is 0 Å². The van der Waals surface area contributed by atoms with Crippen molar-refractivity contribution in [3.8, 4) is 0 Å². The van der Waals surface area contributed by atoms with Crippen molar-refractivity contribution in [1.82, 2.24) is 0 Å². The number of carbonyl (C=O) groups is 1. The number of hydrogen-bond acceptors (Lipinski definition) is 9. The molecule has 1 N–H and O–H groups in total. The summed E-state index contributed by atoms with van der Waals surface area (Å²) in [4.78, 5) is 12.8. The van der Waals surface area contributed by atoms with Crippen LogP contribution in [0.2, 0.25) is 18.1 Å². The van der Waals surface area contributed by atoms with Gasteiger partial charge in [0.1, 0.15) is 18.3 Å². The number of esters is 1. The van der Waals surface area contributed by atoms with Crippen LogP contribution in [-0.4, -0.2) is 70.7 Å². The Morgan fingerprint density at radius 2 is 1.66 bits per heavy atom. The number of rotatable bonds is 6. The minimum Gasteiger partial charge on any atom is -0.467 e. The van der Waals surface area contributed by atoms with Crippen LogP contribution in [0.15, 0.2) is 29.2 Å². The first-order valence-corrected chi connectivity index (χ1v) is 16.0. The van der Waals surface area contributed by atoms with Crippen LogP contribution < -0.4 is 0 Å². The molecule has 2 aliphatic rings. The normalized spacial score (nSPS) is 31.1. The molecule has 0 aromatic heterocycles. The summed E-state index contributed by atoms with van der Waals surface area (Å²) in [5, 5.41) is 11.5. The van der Waals surface area contributed by atoms with Gasteiger partial charge in [0, 0.05) is 6.42 Å². The van der Waals surface area contributed by atoms with Crippen molar-refractivity contribution >= 4 is 24.4 Å². The van der Waals surface area contributed by atoms with E-state index >= 15 is 0 Å². The lowest BCUT2D eigenvalue weighted by Crippen LogP contribution is -2.68. The molecule has 198 valence electrons. The molecule has 3 rings (SSSR count). The summed E-state index contributed by atoms with van der Waals surface area (Å²) >= 11 is 0. The molecule has 11 heteroatoms. The van der Waals surface area contributed by atoms with E-state index in [0.29, 0.717) is 0 Å². The second kappa shape index (κ2) is 9.20. The predicted octanol–water partition coefficient (Wildman–Crippen LogP) is 3.29. The molecule has 35 heavy (non-hydrogen) atoms. The summed E-state index contributed by atoms with van der Waals surface area (Å²) in [7, 11) is -5.64. The van der Waals surface area contributed by atoms with Crippen LogP contribution in [0.5, 0.6) is 0 Å². The first-order chi connectivity index (χ1) is 15.8. The number of ether oxygens (including phenoxy) is 3. The van der Waals surface area contributed by atoms with Crippen LogP contribution in [-0.2, 0) is 37.7 Å². The first kappa shape index (κ1) is 28.2. The zero-order valence-corrected chi connectivity index (χ0v) is 23.8. The van der Waals surface area contributed by atoms with Gasteiger partial charge < -0.3 is 23.7 Å². The molecule has 1 saturated carbocycles. The summed E-state index contributed by atoms with van der Waals surface area (Å²) in [6.07, 6.45) is -4.54. The van der Waals surface area contributed by atoms with E-state index in [-0.39, 0.29) is 16.4 Å². The summed E-state index contributed by atoms with van der Waals surface area (Å²) < 4.78 is 55.6. The Hall–Kier alpha value is -1.34. The van der Waals surface area contributed by atoms with E-state index in [4.69, 9.17) is 22.8 Å². The molecule has 1 heterocycles. The second-order valence-corrected chi connectivity index (χ2v) is 17.7. The van der Waals surface area contributed by atoms with Gasteiger partial charge in [-0.25, -0.2) is 4.79 Å². The number of hydrogen-bond donors (Lipinski definition) is 1. The number of aryl methyl sites for hydroxylation is 1. The molecule has 0 bridgehead atoms. The van der Waals surface area contributed by atoms with Gasteiger partial charge in [-0.15, -0.1) is 0 Å². The minimum absolute atomic E-state index is 0.107. The molecule has 1 aliphatic carbocycles. The van der Waals surface area contributed by atoms with Crippen LogP contribution in [0.25, 0.3) is 0 Å². The van der Waals surface area contributed by atoms with Gasteiger partial charge in [0.05, 0.1) is 18.1 Å². The molecule has 0 unspecified atom stereocenters. The van der Waals surface area contributed by atoms with Crippen molar-refractivity contribution in [2.75, 3.05) is 7.11 Å². The van der Waals surface area contributed by atoms with Crippen molar-refractivity contribution < 1.29 is 41.1 Å². The topological polar surface area (TPSA) is 118 Å². The van der Waals surface area contributed by atoms with Crippen LogP contribution >= 0.6 is 0 Å². The molecule has 2 fully saturated rings. The van der Waals surface area contributed by atoms with Crippen molar-refractivity contribution in [2.45, 2.75) is 107 Å². The number of fused-ring (bicyclic) bond motifs is 1. The van der Waals surface area contributed by atoms with Gasteiger partial charge in [0.25, 0.3) is 10.1 Å². The van der Waals surface area contributed by atoms with Gasteiger partial charge in [-0.3, -0.25) is 4.18 Å². The van der Waals surface area contributed by atoms with E-state index < -0.39 is 60.2 Å². The molecular weight excluding hydrogens is 492 g/mol. The lowest BCUT2D eigenvalue weighted by Gasteiger charge is -2.48. The number of methoxy groups -OCH3 is 1. The van der Waals surface area contributed by atoms with Crippen LogP contribution in [0.4, 0.5) is 0 Å². The zero-order valence-electron chi connectivity index (χ0n) is 21.9. The third kappa shape index (κ3) is 5.51. The molecule has 1 saturated heterocycles. The maximum atomic E-state index is 13.2. The standard InChI is InChI=1S/C24H38O9SSi/c1-15-10-12-16(13-11-15)34(27,28)32-20-19-18(30-23(5,6)31-19)17(14-24(20,26)21(25)29-7)33-35(8,9)22(2,3)4/h10-13,17-20,26H,14H2,1-9H3/t17-,18-,19-,20+,24-/m0/s1. The van der Waals surface area contributed by atoms with E-state index in [1.54, 1.807) is 26.0 Å². The fourth-order valence-electron chi connectivity index (χ4n) is 4.22. The van der Waals surface area contributed by atoms with Crippen molar-refractivity contribution in [3.05, 3.63) is 29.8 Å². The average molecular weight is 531 g/mol. The molecule has 1 aromatic carbocycles. The Morgan fingerprint density at radius 1 is 1.11 bits per heavy atom. The van der Waals surface area contributed by atoms with E-state index in [1.807, 2.05) is 20.0 Å². The lowest BCUT2D eigenvalue weighted by atomic mass is 9.77. The minimum atomic E-state index is -4.38. The summed E-state index contributed by atoms with van der Waals surface area (Å²) in [5.41, 5.74) is -1.49. The highest BCUT2D eigenvalue weighted by molar-refractivity contribution is 7.86. The van der Waals surface area contributed by atoms with Gasteiger partial charge >= 0.3 is 5.97 Å². The molecule has 1 aromatic rings. The van der Waals surface area contributed by atoms with Gasteiger partial charge in [-0.05, 0) is 51.0 Å². The maximum Gasteiger partial charge on any atom is 0.340 e. The highest BCUT2D eigenvalue weighted by atomic mass is 32.2. The summed E-state index contributed by atoms with van der Waals surface area (Å²) in [6.45, 7) is 15.5. The summed E-state index contributed by atoms with van der Waals surface area (Å²) in [5.74, 6) is -2.15. The van der Waals surface area contributed by atoms with Gasteiger partial charge in [0.15, 0.2) is 19.7 Å². The molecule has 0 amide bonds. The average Bonchev–Trinajstić information content (AvgIpc) is 3.05. The SMILES string of the molecule is COC(=O)[C@]1(O)C[C@H](O[Si](C)(C)C(C)(C)C)[C@@H]2OC(C)(C)O[C@@H]2[C@H]1OS(=O)(=O)c1ccc(C)cc1. The Morgan fingerprint density at radius 3 is 2.17 bits per heavy atom. The molecule has 0 spiro atoms. The van der Waals surface area contributed by atoms with Crippen LogP contribution in [0.3, 0.4) is 0 Å². The maximum absolute atomic E-state index is 13.2. The van der Waals surface area contributed by atoms with Crippen LogP contribution in [0.1, 0.15) is 46.6 Å². The van der Waals surface area contributed by atoms with Gasteiger partial charge in [-0.1, -0.05) is 38.5 Å². The summed E-state index contributed by atoms with van der Waals surface area (Å²) in [6, 6.07) is 6.07. The van der Waals surface area contributed by atoms with E-state index in [2.05, 4.69) is 20.8 Å². The second-order valence-electron chi connectivity index (χ2n) is 11.4. The highest BCUT2D eigenvalue weighted by Gasteiger charge is 2.66. The van der Waals surface area contributed by atoms with Gasteiger partial charge in [0.2, 0.25) is 0 Å². The highest BCUT2D eigenvalue weighted by Crippen LogP contribution is 2.47. The smallest absolute Gasteiger partial charge is 0.340 e. The van der Waals surface area contributed by atoms with Crippen LogP contribution in [0, 0.1) is 6.92 Å².